The van der Waals surface area contributed by atoms with Crippen LogP contribution in [0.4, 0.5) is 5.69 Å². The van der Waals surface area contributed by atoms with Crippen molar-refractivity contribution in [2.45, 2.75) is 45.4 Å². The van der Waals surface area contributed by atoms with Crippen LogP contribution in [0.3, 0.4) is 0 Å². The number of rotatable bonds is 7. The number of likely N-dealkylation sites (tertiary alicyclic amines) is 1. The van der Waals surface area contributed by atoms with Crippen LogP contribution in [0.5, 0.6) is 0 Å². The van der Waals surface area contributed by atoms with E-state index in [1.54, 1.807) is 13.1 Å². The van der Waals surface area contributed by atoms with Gasteiger partial charge in [0.05, 0.1) is 31.5 Å². The summed E-state index contributed by atoms with van der Waals surface area (Å²) in [7, 11) is 0. The average Bonchev–Trinajstić information content (AvgIpc) is 2.83. The number of carbonyl (C=O) groups is 2. The maximum absolute atomic E-state index is 12.1. The molecular weight excluding hydrogens is 306 g/mol. The van der Waals surface area contributed by atoms with Crippen molar-refractivity contribution in [3.8, 4) is 0 Å². The van der Waals surface area contributed by atoms with Crippen LogP contribution >= 0.6 is 0 Å². The Kier molecular flexibility index (Phi) is 7.68. The molecule has 0 aliphatic carbocycles. The van der Waals surface area contributed by atoms with E-state index < -0.39 is 0 Å². The Hall–Kier alpha value is -1.95. The molecule has 0 saturated carbocycles. The lowest BCUT2D eigenvalue weighted by Gasteiger charge is -2.18. The molecule has 0 spiro atoms. The van der Waals surface area contributed by atoms with E-state index >= 15 is 0 Å². The molecule has 1 aliphatic rings. The maximum Gasteiger partial charge on any atom is 0.306 e. The number of amides is 1. The third-order valence-electron chi connectivity index (χ3n) is 4.06. The first-order valence-corrected chi connectivity index (χ1v) is 8.80. The SMILES string of the molecule is CCOC(=O)CCc1ccc(NC(=O)CN2CCCCCC2)cn1. The standard InChI is InChI=1S/C18H27N3O3/c1-2-24-18(23)10-9-15-7-8-16(13-19-15)20-17(22)14-21-11-5-3-4-6-12-21/h7-8,13H,2-6,9-12,14H2,1H3,(H,20,22). The van der Waals surface area contributed by atoms with Crippen molar-refractivity contribution >= 4 is 17.6 Å². The fraction of sp³-hybridized carbons (Fsp3) is 0.611. The van der Waals surface area contributed by atoms with Gasteiger partial charge in [-0.1, -0.05) is 12.8 Å². The molecule has 0 aromatic carbocycles. The van der Waals surface area contributed by atoms with Gasteiger partial charge in [0, 0.05) is 12.1 Å². The van der Waals surface area contributed by atoms with E-state index in [2.05, 4.69) is 15.2 Å². The number of nitrogens with zero attached hydrogens (tertiary/aromatic N) is 2. The zero-order valence-corrected chi connectivity index (χ0v) is 14.4. The Balaban J connectivity index is 1.76. The number of anilines is 1. The van der Waals surface area contributed by atoms with Crippen LogP contribution in [-0.4, -0.2) is 48.0 Å². The Bertz CT molecular complexity index is 523. The van der Waals surface area contributed by atoms with E-state index in [-0.39, 0.29) is 11.9 Å². The quantitative estimate of drug-likeness (QED) is 0.776. The van der Waals surface area contributed by atoms with Gasteiger partial charge in [0.2, 0.25) is 5.91 Å². The molecule has 1 N–H and O–H groups in total. The van der Waals surface area contributed by atoms with Crippen molar-refractivity contribution in [3.05, 3.63) is 24.0 Å². The van der Waals surface area contributed by atoms with Crippen LogP contribution in [0.15, 0.2) is 18.3 Å². The van der Waals surface area contributed by atoms with Crippen molar-refractivity contribution in [1.29, 1.82) is 0 Å². The molecule has 0 radical (unpaired) electrons. The fourth-order valence-electron chi connectivity index (χ4n) is 2.81. The van der Waals surface area contributed by atoms with Crippen LogP contribution in [0, 0.1) is 0 Å². The lowest BCUT2D eigenvalue weighted by atomic mass is 10.2. The van der Waals surface area contributed by atoms with E-state index in [1.165, 1.54) is 25.7 Å². The summed E-state index contributed by atoms with van der Waals surface area (Å²) in [5.74, 6) is -0.216. The molecule has 0 atom stereocenters. The topological polar surface area (TPSA) is 71.5 Å². The van der Waals surface area contributed by atoms with Crippen LogP contribution in [0.1, 0.15) is 44.7 Å². The van der Waals surface area contributed by atoms with E-state index in [0.29, 0.717) is 31.7 Å². The molecule has 6 heteroatoms. The second-order valence-electron chi connectivity index (χ2n) is 6.08. The molecule has 2 rings (SSSR count). The lowest BCUT2D eigenvalue weighted by Crippen LogP contribution is -2.33. The third-order valence-corrected chi connectivity index (χ3v) is 4.06. The Morgan fingerprint density at radius 1 is 1.21 bits per heavy atom. The van der Waals surface area contributed by atoms with E-state index in [1.807, 2.05) is 12.1 Å². The molecule has 24 heavy (non-hydrogen) atoms. The first-order chi connectivity index (χ1) is 11.7. The van der Waals surface area contributed by atoms with Crippen LogP contribution in [-0.2, 0) is 20.7 Å². The van der Waals surface area contributed by atoms with Crippen molar-refractivity contribution in [1.82, 2.24) is 9.88 Å². The summed E-state index contributed by atoms with van der Waals surface area (Å²) in [5, 5.41) is 2.89. The second-order valence-corrected chi connectivity index (χ2v) is 6.08. The molecule has 1 amide bonds. The number of aryl methyl sites for hydroxylation is 1. The van der Waals surface area contributed by atoms with Gasteiger partial charge in [0.25, 0.3) is 0 Å². The minimum atomic E-state index is -0.214. The molecule has 1 aromatic heterocycles. The lowest BCUT2D eigenvalue weighted by molar-refractivity contribution is -0.143. The number of hydrogen-bond acceptors (Lipinski definition) is 5. The van der Waals surface area contributed by atoms with Gasteiger partial charge in [-0.3, -0.25) is 19.5 Å². The number of pyridine rings is 1. The number of carbonyl (C=O) groups excluding carboxylic acids is 2. The largest absolute Gasteiger partial charge is 0.466 e. The highest BCUT2D eigenvalue weighted by Gasteiger charge is 2.13. The Morgan fingerprint density at radius 2 is 1.96 bits per heavy atom. The first kappa shape index (κ1) is 18.4. The summed E-state index contributed by atoms with van der Waals surface area (Å²) in [6.45, 7) is 4.62. The minimum absolute atomic E-state index is 0.00188. The smallest absolute Gasteiger partial charge is 0.306 e. The minimum Gasteiger partial charge on any atom is -0.466 e. The number of ether oxygens (including phenoxy) is 1. The van der Waals surface area contributed by atoms with Crippen LogP contribution < -0.4 is 5.32 Å². The van der Waals surface area contributed by atoms with Crippen LogP contribution in [0.2, 0.25) is 0 Å². The molecule has 0 unspecified atom stereocenters. The van der Waals surface area contributed by atoms with Crippen molar-refractivity contribution in [2.75, 3.05) is 31.6 Å². The monoisotopic (exact) mass is 333 g/mol. The second kappa shape index (κ2) is 10.0. The van der Waals surface area contributed by atoms with E-state index in [4.69, 9.17) is 4.74 Å². The van der Waals surface area contributed by atoms with Crippen molar-refractivity contribution < 1.29 is 14.3 Å². The van der Waals surface area contributed by atoms with Gasteiger partial charge in [-0.25, -0.2) is 0 Å². The van der Waals surface area contributed by atoms with Crippen molar-refractivity contribution in [3.63, 3.8) is 0 Å². The molecule has 1 aliphatic heterocycles. The fourth-order valence-corrected chi connectivity index (χ4v) is 2.81. The first-order valence-electron chi connectivity index (χ1n) is 8.80. The summed E-state index contributed by atoms with van der Waals surface area (Å²) in [4.78, 5) is 30.0. The van der Waals surface area contributed by atoms with Gasteiger partial charge in [0.15, 0.2) is 0 Å². The highest BCUT2D eigenvalue weighted by molar-refractivity contribution is 5.92. The predicted molar refractivity (Wildman–Crippen MR) is 92.7 cm³/mol. The van der Waals surface area contributed by atoms with Gasteiger partial charge in [0.1, 0.15) is 0 Å². The zero-order valence-electron chi connectivity index (χ0n) is 14.4. The number of nitrogens with one attached hydrogen (secondary N) is 1. The predicted octanol–water partition coefficient (Wildman–Crippen LogP) is 2.39. The summed E-state index contributed by atoms with van der Waals surface area (Å²) in [6, 6.07) is 3.66. The van der Waals surface area contributed by atoms with Crippen LogP contribution in [0.25, 0.3) is 0 Å². The average molecular weight is 333 g/mol. The number of esters is 1. The van der Waals surface area contributed by atoms with Crippen molar-refractivity contribution in [2.24, 2.45) is 0 Å². The summed E-state index contributed by atoms with van der Waals surface area (Å²) < 4.78 is 4.89. The highest BCUT2D eigenvalue weighted by atomic mass is 16.5. The number of hydrogen-bond donors (Lipinski definition) is 1. The zero-order chi connectivity index (χ0) is 17.2. The maximum atomic E-state index is 12.1. The van der Waals surface area contributed by atoms with Gasteiger partial charge in [-0.15, -0.1) is 0 Å². The molecule has 6 nitrogen and oxygen atoms in total. The molecule has 132 valence electrons. The molecule has 2 heterocycles. The van der Waals surface area contributed by atoms with Gasteiger partial charge < -0.3 is 10.1 Å². The summed E-state index contributed by atoms with van der Waals surface area (Å²) in [5.41, 5.74) is 1.50. The molecule has 1 saturated heterocycles. The Labute approximate surface area is 143 Å². The molecule has 1 aromatic rings. The van der Waals surface area contributed by atoms with E-state index in [0.717, 1.165) is 18.8 Å². The molecular formula is C18H27N3O3. The van der Waals surface area contributed by atoms with E-state index in [9.17, 15) is 9.59 Å². The molecule has 0 bridgehead atoms. The number of aromatic nitrogens is 1. The van der Waals surface area contributed by atoms with Gasteiger partial charge in [-0.05, 0) is 45.0 Å². The summed E-state index contributed by atoms with van der Waals surface area (Å²) in [6.07, 6.45) is 7.36. The van der Waals surface area contributed by atoms with Gasteiger partial charge in [-0.2, -0.15) is 0 Å². The highest BCUT2D eigenvalue weighted by Crippen LogP contribution is 2.11. The summed E-state index contributed by atoms with van der Waals surface area (Å²) >= 11 is 0. The molecule has 1 fully saturated rings. The van der Waals surface area contributed by atoms with Gasteiger partial charge >= 0.3 is 5.97 Å². The normalized spacial score (nSPS) is 15.5. The Morgan fingerprint density at radius 3 is 2.58 bits per heavy atom. The third kappa shape index (κ3) is 6.66.